The third-order valence-corrected chi connectivity index (χ3v) is 3.21. The summed E-state index contributed by atoms with van der Waals surface area (Å²) in [5.41, 5.74) is 5.65. The Morgan fingerprint density at radius 3 is 2.80 bits per heavy atom. The fraction of sp³-hybridized carbons (Fsp3) is 0.308. The number of imide groups is 1. The van der Waals surface area contributed by atoms with Crippen LogP contribution >= 0.6 is 0 Å². The van der Waals surface area contributed by atoms with Gasteiger partial charge in [-0.1, -0.05) is 0 Å². The largest absolute Gasteiger partial charge is 0.398 e. The van der Waals surface area contributed by atoms with E-state index in [4.69, 9.17) is 5.73 Å². The first-order chi connectivity index (χ1) is 9.40. The number of nitrogens with two attached hydrogens (primary N) is 1. The summed E-state index contributed by atoms with van der Waals surface area (Å²) in [5, 5.41) is 2.51. The predicted molar refractivity (Wildman–Crippen MR) is 69.1 cm³/mol. The van der Waals surface area contributed by atoms with E-state index in [-0.39, 0.29) is 30.0 Å². The van der Waals surface area contributed by atoms with E-state index in [9.17, 15) is 18.8 Å². The van der Waals surface area contributed by atoms with Gasteiger partial charge in [-0.3, -0.25) is 19.3 Å². The van der Waals surface area contributed by atoms with Crippen LogP contribution in [-0.4, -0.2) is 35.7 Å². The van der Waals surface area contributed by atoms with E-state index in [1.165, 1.54) is 13.1 Å². The molecule has 0 saturated carbocycles. The zero-order chi connectivity index (χ0) is 14.9. The molecule has 1 aromatic carbocycles. The standard InChI is InChI=1S/C13H14FN3O3/c1-17-11(18)5-4-10(13(17)20)16-12(19)8-3-2-7(14)6-9(8)15/h2-3,6,10H,4-5,15H2,1H3,(H,16,19). The number of likely N-dealkylation sites (N-methyl/N-ethyl adjacent to an activating group) is 1. The van der Waals surface area contributed by atoms with Gasteiger partial charge in [-0.15, -0.1) is 0 Å². The summed E-state index contributed by atoms with van der Waals surface area (Å²) in [6.45, 7) is 0. The van der Waals surface area contributed by atoms with Crippen LogP contribution in [0.1, 0.15) is 23.2 Å². The van der Waals surface area contributed by atoms with E-state index >= 15 is 0 Å². The van der Waals surface area contributed by atoms with Crippen LogP contribution in [0.3, 0.4) is 0 Å². The third kappa shape index (κ3) is 2.61. The molecule has 0 radical (unpaired) electrons. The van der Waals surface area contributed by atoms with Crippen molar-refractivity contribution in [3.63, 3.8) is 0 Å². The number of nitrogens with one attached hydrogen (secondary N) is 1. The lowest BCUT2D eigenvalue weighted by Crippen LogP contribution is -2.52. The highest BCUT2D eigenvalue weighted by Gasteiger charge is 2.33. The van der Waals surface area contributed by atoms with Crippen LogP contribution in [0.5, 0.6) is 0 Å². The second-order valence-corrected chi connectivity index (χ2v) is 4.59. The van der Waals surface area contributed by atoms with Crippen molar-refractivity contribution < 1.29 is 18.8 Å². The average Bonchev–Trinajstić information content (AvgIpc) is 2.39. The Balaban J connectivity index is 2.12. The van der Waals surface area contributed by atoms with Gasteiger partial charge >= 0.3 is 0 Å². The molecule has 20 heavy (non-hydrogen) atoms. The molecule has 106 valence electrons. The molecule has 3 amide bonds. The number of piperidine rings is 1. The van der Waals surface area contributed by atoms with E-state index in [0.717, 1.165) is 17.0 Å². The molecule has 0 aliphatic carbocycles. The molecule has 1 aromatic rings. The summed E-state index contributed by atoms with van der Waals surface area (Å²) in [7, 11) is 1.37. The monoisotopic (exact) mass is 279 g/mol. The van der Waals surface area contributed by atoms with Crippen LogP contribution in [-0.2, 0) is 9.59 Å². The number of hydrogen-bond acceptors (Lipinski definition) is 4. The van der Waals surface area contributed by atoms with Crippen molar-refractivity contribution in [2.24, 2.45) is 0 Å². The number of carbonyl (C=O) groups is 3. The molecule has 1 saturated heterocycles. The minimum atomic E-state index is -0.769. The highest BCUT2D eigenvalue weighted by atomic mass is 19.1. The van der Waals surface area contributed by atoms with E-state index in [1.807, 2.05) is 0 Å². The topological polar surface area (TPSA) is 92.5 Å². The Hall–Kier alpha value is -2.44. The predicted octanol–water partition coefficient (Wildman–Crippen LogP) is 0.285. The Bertz CT molecular complexity index is 588. The van der Waals surface area contributed by atoms with Crippen LogP contribution in [0, 0.1) is 5.82 Å². The number of rotatable bonds is 2. The Morgan fingerprint density at radius 2 is 2.15 bits per heavy atom. The lowest BCUT2D eigenvalue weighted by atomic mass is 10.0. The fourth-order valence-electron chi connectivity index (χ4n) is 2.03. The molecular formula is C13H14FN3O3. The number of nitrogens with zero attached hydrogens (tertiary/aromatic N) is 1. The van der Waals surface area contributed by atoms with Gasteiger partial charge in [0.05, 0.1) is 5.56 Å². The molecule has 2 rings (SSSR count). The van der Waals surface area contributed by atoms with Gasteiger partial charge in [0.2, 0.25) is 5.91 Å². The number of amides is 3. The Kier molecular flexibility index (Phi) is 3.69. The quantitative estimate of drug-likeness (QED) is 0.601. The number of anilines is 1. The lowest BCUT2D eigenvalue weighted by molar-refractivity contribution is -0.147. The van der Waals surface area contributed by atoms with Crippen molar-refractivity contribution in [2.45, 2.75) is 18.9 Å². The summed E-state index contributed by atoms with van der Waals surface area (Å²) >= 11 is 0. The van der Waals surface area contributed by atoms with Gasteiger partial charge in [-0.05, 0) is 24.6 Å². The van der Waals surface area contributed by atoms with E-state index < -0.39 is 23.7 Å². The highest BCUT2D eigenvalue weighted by molar-refractivity contribution is 6.05. The second-order valence-electron chi connectivity index (χ2n) is 4.59. The first-order valence-electron chi connectivity index (χ1n) is 6.06. The molecule has 0 aromatic heterocycles. The molecule has 1 heterocycles. The van der Waals surface area contributed by atoms with Gasteiger partial charge in [0.25, 0.3) is 11.8 Å². The third-order valence-electron chi connectivity index (χ3n) is 3.21. The number of carbonyl (C=O) groups excluding carboxylic acids is 3. The van der Waals surface area contributed by atoms with E-state index in [2.05, 4.69) is 5.32 Å². The van der Waals surface area contributed by atoms with Crippen molar-refractivity contribution in [3.05, 3.63) is 29.6 Å². The maximum Gasteiger partial charge on any atom is 0.254 e. The van der Waals surface area contributed by atoms with Gasteiger partial charge in [0.15, 0.2) is 0 Å². The molecule has 1 unspecified atom stereocenters. The van der Waals surface area contributed by atoms with Crippen molar-refractivity contribution in [2.75, 3.05) is 12.8 Å². The minimum Gasteiger partial charge on any atom is -0.398 e. The molecule has 0 spiro atoms. The van der Waals surface area contributed by atoms with Crippen LogP contribution < -0.4 is 11.1 Å². The summed E-state index contributed by atoms with van der Waals surface area (Å²) in [5.74, 6) is -1.85. The Morgan fingerprint density at radius 1 is 1.45 bits per heavy atom. The van der Waals surface area contributed by atoms with Gasteiger partial charge in [0, 0.05) is 19.2 Å². The van der Waals surface area contributed by atoms with Crippen LogP contribution in [0.2, 0.25) is 0 Å². The summed E-state index contributed by atoms with van der Waals surface area (Å²) in [6, 6.07) is 2.63. The maximum absolute atomic E-state index is 12.9. The number of hydrogen-bond donors (Lipinski definition) is 2. The van der Waals surface area contributed by atoms with Crippen LogP contribution in [0.15, 0.2) is 18.2 Å². The first-order valence-corrected chi connectivity index (χ1v) is 6.06. The molecule has 0 bridgehead atoms. The molecule has 7 heteroatoms. The smallest absolute Gasteiger partial charge is 0.254 e. The molecule has 6 nitrogen and oxygen atoms in total. The van der Waals surface area contributed by atoms with Gasteiger partial charge < -0.3 is 11.1 Å². The second kappa shape index (κ2) is 5.28. The Labute approximate surface area is 114 Å². The van der Waals surface area contributed by atoms with Crippen LogP contribution in [0.4, 0.5) is 10.1 Å². The average molecular weight is 279 g/mol. The summed E-state index contributed by atoms with van der Waals surface area (Å²) in [4.78, 5) is 36.2. The minimum absolute atomic E-state index is 0.00445. The van der Waals surface area contributed by atoms with Crippen molar-refractivity contribution in [1.82, 2.24) is 10.2 Å². The SMILES string of the molecule is CN1C(=O)CCC(NC(=O)c2ccc(F)cc2N)C1=O. The van der Waals surface area contributed by atoms with E-state index in [1.54, 1.807) is 0 Å². The zero-order valence-corrected chi connectivity index (χ0v) is 10.9. The maximum atomic E-state index is 12.9. The molecule has 1 aliphatic heterocycles. The van der Waals surface area contributed by atoms with Crippen molar-refractivity contribution in [3.8, 4) is 0 Å². The number of likely N-dealkylation sites (tertiary alicyclic amines) is 1. The number of halogens is 1. The number of benzene rings is 1. The van der Waals surface area contributed by atoms with E-state index in [0.29, 0.717) is 0 Å². The summed E-state index contributed by atoms with van der Waals surface area (Å²) < 4.78 is 12.9. The molecule has 3 N–H and O–H groups in total. The normalized spacial score (nSPS) is 19.1. The fourth-order valence-corrected chi connectivity index (χ4v) is 2.03. The first kappa shape index (κ1) is 14.0. The van der Waals surface area contributed by atoms with Crippen molar-refractivity contribution in [1.29, 1.82) is 0 Å². The molecular weight excluding hydrogens is 265 g/mol. The zero-order valence-electron chi connectivity index (χ0n) is 10.9. The van der Waals surface area contributed by atoms with Gasteiger partial charge in [0.1, 0.15) is 11.9 Å². The molecule has 1 aliphatic rings. The number of nitrogen functional groups attached to an aromatic ring is 1. The van der Waals surface area contributed by atoms with Gasteiger partial charge in [-0.2, -0.15) is 0 Å². The van der Waals surface area contributed by atoms with Crippen LogP contribution in [0.25, 0.3) is 0 Å². The molecule has 1 atom stereocenters. The summed E-state index contributed by atoms with van der Waals surface area (Å²) in [6.07, 6.45) is 0.431. The van der Waals surface area contributed by atoms with Crippen molar-refractivity contribution >= 4 is 23.4 Å². The lowest BCUT2D eigenvalue weighted by Gasteiger charge is -2.28. The highest BCUT2D eigenvalue weighted by Crippen LogP contribution is 2.16. The molecule has 1 fully saturated rings. The van der Waals surface area contributed by atoms with Gasteiger partial charge in [-0.25, -0.2) is 4.39 Å².